The van der Waals surface area contributed by atoms with Crippen molar-refractivity contribution in [3.63, 3.8) is 0 Å². The van der Waals surface area contributed by atoms with Crippen LogP contribution in [0.5, 0.6) is 0 Å². The van der Waals surface area contributed by atoms with Gasteiger partial charge in [0.25, 0.3) is 0 Å². The van der Waals surface area contributed by atoms with Crippen LogP contribution in [0.3, 0.4) is 0 Å². The van der Waals surface area contributed by atoms with E-state index in [1.807, 2.05) is 13.8 Å². The van der Waals surface area contributed by atoms with Crippen LogP contribution >= 0.6 is 8.60 Å². The molecule has 0 fully saturated rings. The summed E-state index contributed by atoms with van der Waals surface area (Å²) in [6.45, 7) is 4.62. The van der Waals surface area contributed by atoms with Gasteiger partial charge in [0.1, 0.15) is 0 Å². The van der Waals surface area contributed by atoms with Crippen molar-refractivity contribution >= 4 is 8.60 Å². The molecule has 0 rings (SSSR count). The molecule has 3 nitrogen and oxygen atoms in total. The van der Waals surface area contributed by atoms with E-state index in [4.69, 9.17) is 4.89 Å². The van der Waals surface area contributed by atoms with E-state index in [2.05, 4.69) is 9.05 Å². The molecule has 93 valence electrons. The third-order valence-electron chi connectivity index (χ3n) is 0.479. The van der Waals surface area contributed by atoms with E-state index >= 15 is 0 Å². The van der Waals surface area contributed by atoms with Gasteiger partial charge in [0.2, 0.25) is 0 Å². The maximum atomic E-state index is 8.67. The maximum Gasteiger partial charge on any atom is 0.329 e. The van der Waals surface area contributed by atoms with Crippen LogP contribution in [0.1, 0.15) is 43.6 Å². The van der Waals surface area contributed by atoms with Crippen molar-refractivity contribution in [2.75, 3.05) is 13.2 Å². The molecule has 1 radical (unpaired) electrons. The van der Waals surface area contributed by atoms with Crippen molar-refractivity contribution in [3.05, 3.63) is 7.43 Å². The van der Waals surface area contributed by atoms with E-state index in [1.54, 1.807) is 0 Å². The first kappa shape index (κ1) is 45.2. The van der Waals surface area contributed by atoms with E-state index < -0.39 is 8.60 Å². The standard InChI is InChI=1S/C4H11O3P.4CH4.CH3.Y/c1-3-6-8(5)7-4-2;;;;;;/h5H,3-4H2,1-2H3;4*1H4;1H3;/q;;;;;-1;. The van der Waals surface area contributed by atoms with Gasteiger partial charge in [0.05, 0.1) is 13.2 Å². The van der Waals surface area contributed by atoms with Crippen molar-refractivity contribution in [2.45, 2.75) is 43.6 Å². The van der Waals surface area contributed by atoms with E-state index in [0.717, 1.165) is 0 Å². The summed E-state index contributed by atoms with van der Waals surface area (Å²) >= 11 is 0. The fraction of sp³-hybridized carbons (Fsp3) is 0.889. The van der Waals surface area contributed by atoms with Gasteiger partial charge in [-0.3, -0.25) is 0 Å². The molecule has 0 aromatic heterocycles. The zero-order valence-corrected chi connectivity index (χ0v) is 10.4. The van der Waals surface area contributed by atoms with Gasteiger partial charge in [-0.1, -0.05) is 29.7 Å². The zero-order valence-electron chi connectivity index (χ0n) is 6.70. The topological polar surface area (TPSA) is 38.7 Å². The molecular formula is C9H30O3PY-. The quantitative estimate of drug-likeness (QED) is 0.622. The van der Waals surface area contributed by atoms with Gasteiger partial charge in [-0.05, 0) is 13.8 Å². The van der Waals surface area contributed by atoms with E-state index in [0.29, 0.717) is 13.2 Å². The average molecular weight is 306 g/mol. The Balaban J connectivity index is -0.0000000163. The first-order valence-electron chi connectivity index (χ1n) is 2.56. The molecule has 0 saturated heterocycles. The van der Waals surface area contributed by atoms with E-state index in [-0.39, 0.29) is 69.8 Å². The van der Waals surface area contributed by atoms with E-state index in [1.165, 1.54) is 0 Å². The fourth-order valence-corrected chi connectivity index (χ4v) is 0.774. The molecule has 0 aliphatic rings. The van der Waals surface area contributed by atoms with Crippen LogP contribution in [-0.4, -0.2) is 18.1 Å². The van der Waals surface area contributed by atoms with Gasteiger partial charge in [0, 0.05) is 32.7 Å². The minimum Gasteiger partial charge on any atom is -0.358 e. The Morgan fingerprint density at radius 3 is 1.29 bits per heavy atom. The summed E-state index contributed by atoms with van der Waals surface area (Å²) in [5.41, 5.74) is 0. The molecule has 0 aliphatic carbocycles. The third kappa shape index (κ3) is 37.6. The molecule has 0 aliphatic heterocycles. The van der Waals surface area contributed by atoms with Gasteiger partial charge < -0.3 is 21.4 Å². The molecule has 0 unspecified atom stereocenters. The van der Waals surface area contributed by atoms with Crippen molar-refractivity contribution in [3.8, 4) is 0 Å². The molecule has 0 spiro atoms. The van der Waals surface area contributed by atoms with Crippen molar-refractivity contribution in [2.24, 2.45) is 0 Å². The Hall–Kier alpha value is 1.41. The molecule has 0 aromatic carbocycles. The summed E-state index contributed by atoms with van der Waals surface area (Å²) in [6.07, 6.45) is 0. The molecule has 1 N–H and O–H groups in total. The second-order valence-electron chi connectivity index (χ2n) is 1.07. The van der Waals surface area contributed by atoms with Gasteiger partial charge >= 0.3 is 8.60 Å². The van der Waals surface area contributed by atoms with Crippen LogP contribution in [0.15, 0.2) is 0 Å². The molecule has 0 saturated carbocycles. The van der Waals surface area contributed by atoms with Gasteiger partial charge in [-0.15, -0.1) is 0 Å². The zero-order chi connectivity index (χ0) is 6.41. The van der Waals surface area contributed by atoms with Crippen LogP contribution < -0.4 is 0 Å². The molecule has 0 amide bonds. The second-order valence-corrected chi connectivity index (χ2v) is 2.07. The monoisotopic (exact) mass is 306 g/mol. The number of rotatable bonds is 4. The summed E-state index contributed by atoms with van der Waals surface area (Å²) in [5, 5.41) is 0. The summed E-state index contributed by atoms with van der Waals surface area (Å²) in [6, 6.07) is 0. The SMILES string of the molecule is C.C.C.C.CCOP(O)OCC.[CH3-].[Y]. The molecular weight excluding hydrogens is 276 g/mol. The molecule has 5 heteroatoms. The second kappa shape index (κ2) is 36.6. The number of hydrogen-bond acceptors (Lipinski definition) is 3. The Labute approximate surface area is 119 Å². The molecule has 0 heterocycles. The van der Waals surface area contributed by atoms with Gasteiger partial charge in [-0.25, -0.2) is 0 Å². The molecule has 0 aromatic rings. The summed E-state index contributed by atoms with van der Waals surface area (Å²) in [7, 11) is -1.58. The Bertz CT molecular complexity index is 53.3. The van der Waals surface area contributed by atoms with Crippen LogP contribution in [0.25, 0.3) is 0 Å². The van der Waals surface area contributed by atoms with Crippen LogP contribution in [-0.2, 0) is 41.8 Å². The van der Waals surface area contributed by atoms with Crippen LogP contribution in [0, 0.1) is 7.43 Å². The van der Waals surface area contributed by atoms with Crippen LogP contribution in [0.2, 0.25) is 0 Å². The first-order chi connectivity index (χ1) is 3.81. The molecule has 0 bridgehead atoms. The predicted octanol–water partition coefficient (Wildman–Crippen LogP) is 4.27. The minimum atomic E-state index is -1.58. The van der Waals surface area contributed by atoms with Gasteiger partial charge in [-0.2, -0.15) is 0 Å². The fourth-order valence-electron chi connectivity index (χ4n) is 0.258. The third-order valence-corrected chi connectivity index (χ3v) is 1.44. The van der Waals surface area contributed by atoms with Crippen molar-refractivity contribution in [1.82, 2.24) is 0 Å². The average Bonchev–Trinajstić information content (AvgIpc) is 1.68. The summed E-state index contributed by atoms with van der Waals surface area (Å²) in [4.78, 5) is 8.67. The maximum absolute atomic E-state index is 8.67. The first-order valence-corrected chi connectivity index (χ1v) is 3.69. The number of hydrogen-bond donors (Lipinski definition) is 1. The largest absolute Gasteiger partial charge is 0.358 e. The van der Waals surface area contributed by atoms with E-state index in [9.17, 15) is 0 Å². The summed E-state index contributed by atoms with van der Waals surface area (Å²) in [5.74, 6) is 0. The Morgan fingerprint density at radius 2 is 1.14 bits per heavy atom. The Morgan fingerprint density at radius 1 is 0.929 bits per heavy atom. The molecule has 14 heavy (non-hydrogen) atoms. The van der Waals surface area contributed by atoms with Gasteiger partial charge in [0.15, 0.2) is 0 Å². The Kier molecular flexibility index (Phi) is 118. The van der Waals surface area contributed by atoms with Crippen molar-refractivity contribution in [1.29, 1.82) is 0 Å². The predicted molar refractivity (Wildman–Crippen MR) is 65.7 cm³/mol. The normalized spacial score (nSPS) is 6.00. The molecule has 0 atom stereocenters. The summed E-state index contributed by atoms with van der Waals surface area (Å²) < 4.78 is 9.36. The minimum absolute atomic E-state index is 0. The smallest absolute Gasteiger partial charge is 0.329 e. The van der Waals surface area contributed by atoms with Crippen molar-refractivity contribution < 1.29 is 46.7 Å². The van der Waals surface area contributed by atoms with Crippen LogP contribution in [0.4, 0.5) is 0 Å².